The predicted molar refractivity (Wildman–Crippen MR) is 132 cm³/mol. The van der Waals surface area contributed by atoms with Crippen LogP contribution in [0.4, 0.5) is 0 Å². The van der Waals surface area contributed by atoms with Crippen molar-refractivity contribution in [3.05, 3.63) is 63.7 Å². The molecule has 188 valence electrons. The van der Waals surface area contributed by atoms with E-state index in [1.807, 2.05) is 22.6 Å². The number of aliphatic hydroxyl groups excluding tert-OH is 4. The van der Waals surface area contributed by atoms with Crippen LogP contribution >= 0.6 is 45.2 Å². The summed E-state index contributed by atoms with van der Waals surface area (Å²) in [5.41, 5.74) is -2.16. The van der Waals surface area contributed by atoms with Crippen LogP contribution in [0.2, 0.25) is 0 Å². The van der Waals surface area contributed by atoms with Gasteiger partial charge in [-0.15, -0.1) is 0 Å². The van der Waals surface area contributed by atoms with Crippen LogP contribution < -0.4 is 22.5 Å². The molecule has 0 unspecified atom stereocenters. The second-order valence-electron chi connectivity index (χ2n) is 7.54. The minimum Gasteiger partial charge on any atom is -0.394 e. The van der Waals surface area contributed by atoms with Crippen molar-refractivity contribution in [1.29, 1.82) is 0 Å². The van der Waals surface area contributed by atoms with E-state index in [0.717, 1.165) is 0 Å². The zero-order valence-electron chi connectivity index (χ0n) is 17.3. The quantitative estimate of drug-likeness (QED) is 0.146. The monoisotopic (exact) mass is 708 g/mol. The Balaban J connectivity index is 0.000000191. The van der Waals surface area contributed by atoms with Crippen molar-refractivity contribution in [3.8, 4) is 0 Å². The number of aliphatic hydroxyl groups is 4. The molecule has 0 amide bonds. The Labute approximate surface area is 217 Å². The van der Waals surface area contributed by atoms with Gasteiger partial charge in [0.1, 0.15) is 18.4 Å². The van der Waals surface area contributed by atoms with Gasteiger partial charge >= 0.3 is 11.4 Å². The molecule has 0 spiro atoms. The van der Waals surface area contributed by atoms with Gasteiger partial charge in [-0.1, -0.05) is 0 Å². The van der Waals surface area contributed by atoms with Crippen LogP contribution in [0.1, 0.15) is 19.1 Å². The van der Waals surface area contributed by atoms with Gasteiger partial charge in [-0.3, -0.25) is 28.7 Å². The largest absolute Gasteiger partial charge is 0.394 e. The lowest BCUT2D eigenvalue weighted by Crippen LogP contribution is -2.40. The Morgan fingerprint density at radius 1 is 1.06 bits per heavy atom. The Bertz CT molecular complexity index is 1240. The second-order valence-corrected chi connectivity index (χ2v) is 10.4. The number of halogens is 2. The second kappa shape index (κ2) is 11.1. The average molecular weight is 708 g/mol. The number of H-pyrrole nitrogens is 2. The number of aromatic nitrogens is 4. The topological polar surface area (TPSA) is 209 Å². The van der Waals surface area contributed by atoms with E-state index in [4.69, 9.17) is 19.7 Å². The molecule has 2 aliphatic heterocycles. The van der Waals surface area contributed by atoms with Crippen LogP contribution in [0.3, 0.4) is 0 Å². The Morgan fingerprint density at radius 2 is 1.74 bits per heavy atom. The summed E-state index contributed by atoms with van der Waals surface area (Å²) in [6.45, 7) is -0.642. The number of nitrogens with one attached hydrogen (secondary N) is 2. The third-order valence-corrected chi connectivity index (χ3v) is 7.19. The van der Waals surface area contributed by atoms with Crippen LogP contribution in [0, 0.1) is 3.57 Å². The van der Waals surface area contributed by atoms with Crippen LogP contribution in [-0.2, 0) is 13.2 Å². The van der Waals surface area contributed by atoms with Crippen LogP contribution in [0.5, 0.6) is 0 Å². The SMILES string of the molecule is O=c1[nH]c(=O)n([C@H]2C[C@H](O)[C@@H](CO)O2)cc1I.O=c1ccn([C@@]2(I)C[C@H](O)[C@@H](CO)O2)c(=O)[nH]1. The van der Waals surface area contributed by atoms with E-state index in [-0.39, 0.29) is 26.1 Å². The molecular weight excluding hydrogens is 686 g/mol. The number of ether oxygens (including phenoxy) is 2. The number of nitrogens with zero attached hydrogens (tertiary/aromatic N) is 2. The highest BCUT2D eigenvalue weighted by molar-refractivity contribution is 14.1. The Morgan fingerprint density at radius 3 is 2.29 bits per heavy atom. The first-order valence-corrected chi connectivity index (χ1v) is 12.1. The predicted octanol–water partition coefficient (Wildman–Crippen LogP) is -2.49. The smallest absolute Gasteiger partial charge is 0.331 e. The summed E-state index contributed by atoms with van der Waals surface area (Å²) in [6, 6.07) is 1.20. The molecule has 4 rings (SSSR count). The standard InChI is InChI=1S/2C9H11IN2O5/c10-4-2-12(9(16)11-8(4)15)7-1-5(14)6(3-13)17-7;10-9(3-5(14)6(4-13)17-9)12-2-1-7(15)11-8(12)16/h2,5-7,13-14H,1,3H2,(H,11,15,16);1-2,5-6,13-14H,3-4H2,(H,11,15,16)/t5-,6+,7+;5-,6+,9-/m00/s1. The van der Waals surface area contributed by atoms with E-state index in [0.29, 0.717) is 3.57 Å². The summed E-state index contributed by atoms with van der Waals surface area (Å²) in [7, 11) is 0. The van der Waals surface area contributed by atoms with Gasteiger partial charge in [-0.05, 0) is 45.2 Å². The van der Waals surface area contributed by atoms with Gasteiger partial charge in [0.25, 0.3) is 11.1 Å². The van der Waals surface area contributed by atoms with Gasteiger partial charge in [0, 0.05) is 31.3 Å². The first-order valence-electron chi connectivity index (χ1n) is 9.92. The van der Waals surface area contributed by atoms with Gasteiger partial charge in [-0.25, -0.2) is 9.59 Å². The molecule has 0 aliphatic carbocycles. The van der Waals surface area contributed by atoms with Crippen LogP contribution in [0.15, 0.2) is 37.6 Å². The molecule has 4 heterocycles. The lowest BCUT2D eigenvalue weighted by Gasteiger charge is -2.24. The van der Waals surface area contributed by atoms with E-state index in [1.54, 1.807) is 22.6 Å². The van der Waals surface area contributed by atoms with Crippen molar-refractivity contribution in [1.82, 2.24) is 19.1 Å². The molecule has 2 fully saturated rings. The van der Waals surface area contributed by atoms with E-state index >= 15 is 0 Å². The zero-order valence-corrected chi connectivity index (χ0v) is 21.7. The fourth-order valence-corrected chi connectivity index (χ4v) is 5.06. The molecule has 0 bridgehead atoms. The van der Waals surface area contributed by atoms with Gasteiger partial charge in [0.2, 0.25) is 3.73 Å². The molecule has 16 heteroatoms. The molecule has 34 heavy (non-hydrogen) atoms. The summed E-state index contributed by atoms with van der Waals surface area (Å²) in [5, 5.41) is 37.1. The van der Waals surface area contributed by atoms with Crippen molar-refractivity contribution < 1.29 is 29.9 Å². The summed E-state index contributed by atoms with van der Waals surface area (Å²) in [6.07, 6.45) is -0.726. The van der Waals surface area contributed by atoms with E-state index in [2.05, 4.69) is 9.97 Å². The van der Waals surface area contributed by atoms with E-state index < -0.39 is 56.9 Å². The Hall–Kier alpha value is -1.42. The minimum absolute atomic E-state index is 0.157. The molecule has 2 saturated heterocycles. The van der Waals surface area contributed by atoms with Gasteiger partial charge in [0.05, 0.1) is 29.0 Å². The number of hydrogen-bond donors (Lipinski definition) is 6. The molecule has 14 nitrogen and oxygen atoms in total. The lowest BCUT2D eigenvalue weighted by molar-refractivity contribution is -0.0554. The van der Waals surface area contributed by atoms with Gasteiger partial charge in [0.15, 0.2) is 0 Å². The van der Waals surface area contributed by atoms with Crippen molar-refractivity contribution in [3.63, 3.8) is 0 Å². The van der Waals surface area contributed by atoms with Crippen LogP contribution in [-0.4, -0.2) is 77.2 Å². The van der Waals surface area contributed by atoms with Crippen LogP contribution in [0.25, 0.3) is 0 Å². The molecular formula is C18H22I2N4O10. The molecule has 0 aromatic carbocycles. The maximum absolute atomic E-state index is 11.6. The molecule has 0 saturated carbocycles. The van der Waals surface area contributed by atoms with E-state index in [1.165, 1.54) is 27.6 Å². The van der Waals surface area contributed by atoms with Gasteiger partial charge < -0.3 is 29.9 Å². The number of aromatic amines is 2. The summed E-state index contributed by atoms with van der Waals surface area (Å²) < 4.78 is 12.4. The highest BCUT2D eigenvalue weighted by atomic mass is 127. The van der Waals surface area contributed by atoms with Crippen molar-refractivity contribution >= 4 is 45.2 Å². The number of alkyl halides is 1. The Kier molecular flexibility index (Phi) is 8.87. The average Bonchev–Trinajstić information content (AvgIpc) is 3.29. The van der Waals surface area contributed by atoms with Crippen molar-refractivity contribution in [2.24, 2.45) is 0 Å². The minimum atomic E-state index is -1.09. The molecule has 0 radical (unpaired) electrons. The summed E-state index contributed by atoms with van der Waals surface area (Å²) in [4.78, 5) is 49.6. The molecule has 2 aliphatic rings. The molecule has 2 aromatic heterocycles. The fraction of sp³-hybridized carbons (Fsp3) is 0.556. The van der Waals surface area contributed by atoms with Crippen molar-refractivity contribution in [2.45, 2.75) is 47.2 Å². The lowest BCUT2D eigenvalue weighted by atomic mass is 10.2. The number of rotatable bonds is 4. The fourth-order valence-electron chi connectivity index (χ4n) is 3.47. The van der Waals surface area contributed by atoms with Crippen molar-refractivity contribution in [2.75, 3.05) is 13.2 Å². The maximum atomic E-state index is 11.6. The first kappa shape index (κ1) is 27.2. The molecule has 6 N–H and O–H groups in total. The maximum Gasteiger partial charge on any atom is 0.331 e. The highest BCUT2D eigenvalue weighted by Gasteiger charge is 2.46. The normalized spacial score (nSPS) is 30.7. The summed E-state index contributed by atoms with van der Waals surface area (Å²) in [5.74, 6) is 0. The first-order chi connectivity index (χ1) is 16.0. The third kappa shape index (κ3) is 5.86. The van der Waals surface area contributed by atoms with Gasteiger partial charge in [-0.2, -0.15) is 0 Å². The van der Waals surface area contributed by atoms with E-state index in [9.17, 15) is 29.4 Å². The summed E-state index contributed by atoms with van der Waals surface area (Å²) >= 11 is 3.67. The highest BCUT2D eigenvalue weighted by Crippen LogP contribution is 2.39. The zero-order chi connectivity index (χ0) is 25.2. The third-order valence-electron chi connectivity index (χ3n) is 5.20. The molecule has 2 aromatic rings. The number of hydrogen-bond acceptors (Lipinski definition) is 10. The molecule has 6 atom stereocenters.